The van der Waals surface area contributed by atoms with Crippen LogP contribution in [0, 0.1) is 6.92 Å². The minimum atomic E-state index is -1.05. The number of benzene rings is 2. The molecule has 0 atom stereocenters. The van der Waals surface area contributed by atoms with E-state index in [0.29, 0.717) is 14.9 Å². The number of hydrogen-bond donors (Lipinski definition) is 1. The molecule has 1 heterocycles. The van der Waals surface area contributed by atoms with Gasteiger partial charge in [-0.3, -0.25) is 9.69 Å². The first kappa shape index (κ1) is 18.2. The van der Waals surface area contributed by atoms with Gasteiger partial charge in [0.2, 0.25) is 0 Å². The van der Waals surface area contributed by atoms with Gasteiger partial charge in [0.15, 0.2) is 4.32 Å². The summed E-state index contributed by atoms with van der Waals surface area (Å²) in [6.07, 6.45) is 1.76. The first-order chi connectivity index (χ1) is 12.4. The van der Waals surface area contributed by atoms with Crippen molar-refractivity contribution in [2.24, 2.45) is 0 Å². The zero-order valence-electron chi connectivity index (χ0n) is 14.1. The van der Waals surface area contributed by atoms with Crippen molar-refractivity contribution in [3.8, 4) is 5.75 Å². The number of methoxy groups -OCH3 is 1. The molecular weight excluding hydrogens is 370 g/mol. The summed E-state index contributed by atoms with van der Waals surface area (Å²) in [5, 5.41) is 9.20. The third kappa shape index (κ3) is 3.49. The van der Waals surface area contributed by atoms with Crippen LogP contribution in [0.15, 0.2) is 47.4 Å². The van der Waals surface area contributed by atoms with E-state index in [1.54, 1.807) is 19.3 Å². The average molecular weight is 385 g/mol. The average Bonchev–Trinajstić information content (AvgIpc) is 2.89. The molecule has 0 spiro atoms. The molecule has 1 saturated heterocycles. The third-order valence-electron chi connectivity index (χ3n) is 3.90. The van der Waals surface area contributed by atoms with Crippen LogP contribution in [0.3, 0.4) is 0 Å². The van der Waals surface area contributed by atoms with E-state index in [2.05, 4.69) is 0 Å². The summed E-state index contributed by atoms with van der Waals surface area (Å²) in [5.74, 6) is -0.581. The smallest absolute Gasteiger partial charge is 0.335 e. The Labute approximate surface area is 160 Å². The highest BCUT2D eigenvalue weighted by Crippen LogP contribution is 2.37. The lowest BCUT2D eigenvalue weighted by atomic mass is 10.1. The molecule has 3 rings (SSSR count). The molecule has 0 saturated carbocycles. The van der Waals surface area contributed by atoms with E-state index >= 15 is 0 Å². The number of aryl methyl sites for hydroxylation is 1. The fraction of sp³-hybridized carbons (Fsp3) is 0.105. The fourth-order valence-corrected chi connectivity index (χ4v) is 3.80. The second-order valence-corrected chi connectivity index (χ2v) is 7.27. The first-order valence-electron chi connectivity index (χ1n) is 7.66. The van der Waals surface area contributed by atoms with Crippen molar-refractivity contribution in [1.29, 1.82) is 0 Å². The lowest BCUT2D eigenvalue weighted by molar-refractivity contribution is -0.113. The Kier molecular flexibility index (Phi) is 5.11. The number of carbonyl (C=O) groups excluding carboxylic acids is 1. The largest absolute Gasteiger partial charge is 0.497 e. The van der Waals surface area contributed by atoms with Crippen molar-refractivity contribution >= 4 is 51.9 Å². The Morgan fingerprint density at radius 2 is 1.92 bits per heavy atom. The Morgan fingerprint density at radius 3 is 2.54 bits per heavy atom. The summed E-state index contributed by atoms with van der Waals surface area (Å²) in [5.41, 5.74) is 2.23. The Bertz CT molecular complexity index is 935. The monoisotopic (exact) mass is 385 g/mol. The number of carboxylic acids is 1. The number of hydrogen-bond acceptors (Lipinski definition) is 5. The number of thiocarbonyl (C=S) groups is 1. The summed E-state index contributed by atoms with van der Waals surface area (Å²) in [6.45, 7) is 1.81. The van der Waals surface area contributed by atoms with Crippen molar-refractivity contribution in [1.82, 2.24) is 0 Å². The Balaban J connectivity index is 1.95. The second-order valence-electron chi connectivity index (χ2n) is 5.60. The van der Waals surface area contributed by atoms with Crippen LogP contribution in [0.25, 0.3) is 6.08 Å². The molecule has 0 bridgehead atoms. The molecule has 1 aliphatic rings. The van der Waals surface area contributed by atoms with Gasteiger partial charge in [0.1, 0.15) is 5.75 Å². The third-order valence-corrected chi connectivity index (χ3v) is 5.21. The highest BCUT2D eigenvalue weighted by Gasteiger charge is 2.34. The minimum absolute atomic E-state index is 0.110. The van der Waals surface area contributed by atoms with Crippen LogP contribution >= 0.6 is 24.0 Å². The van der Waals surface area contributed by atoms with Crippen LogP contribution in [-0.2, 0) is 4.79 Å². The molecule has 1 fully saturated rings. The lowest BCUT2D eigenvalue weighted by Gasteiger charge is -2.17. The van der Waals surface area contributed by atoms with E-state index in [0.717, 1.165) is 16.9 Å². The quantitative estimate of drug-likeness (QED) is 0.631. The molecule has 0 unspecified atom stereocenters. The van der Waals surface area contributed by atoms with Crippen molar-refractivity contribution in [2.75, 3.05) is 12.0 Å². The second kappa shape index (κ2) is 7.31. The molecule has 1 amide bonds. The summed E-state index contributed by atoms with van der Waals surface area (Å²) < 4.78 is 5.50. The van der Waals surface area contributed by atoms with Gasteiger partial charge in [0.25, 0.3) is 5.91 Å². The summed E-state index contributed by atoms with van der Waals surface area (Å²) in [7, 11) is 1.59. The molecule has 2 aromatic rings. The summed E-state index contributed by atoms with van der Waals surface area (Å²) in [6, 6.07) is 12.0. The summed E-state index contributed by atoms with van der Waals surface area (Å²) >= 11 is 6.56. The molecule has 0 aliphatic carbocycles. The number of ether oxygens (including phenoxy) is 1. The fourth-order valence-electron chi connectivity index (χ4n) is 2.51. The molecule has 7 heteroatoms. The topological polar surface area (TPSA) is 66.8 Å². The van der Waals surface area contributed by atoms with E-state index in [9.17, 15) is 14.7 Å². The zero-order valence-corrected chi connectivity index (χ0v) is 15.7. The molecule has 2 aromatic carbocycles. The normalized spacial score (nSPS) is 15.6. The van der Waals surface area contributed by atoms with Crippen LogP contribution in [0.2, 0.25) is 0 Å². The number of aromatic carboxylic acids is 1. The number of carboxylic acid groups (broad SMARTS) is 1. The van der Waals surface area contributed by atoms with Crippen LogP contribution in [0.1, 0.15) is 21.5 Å². The number of anilines is 1. The SMILES string of the molecule is COc1ccc(C=C2SC(=S)N(c3cc(C(=O)O)ccc3C)C2=O)cc1. The zero-order chi connectivity index (χ0) is 18.8. The predicted octanol–water partition coefficient (Wildman–Crippen LogP) is 4.11. The van der Waals surface area contributed by atoms with Gasteiger partial charge in [0.05, 0.1) is 23.3 Å². The molecule has 0 aromatic heterocycles. The molecule has 132 valence electrons. The number of rotatable bonds is 4. The molecule has 1 N–H and O–H groups in total. The number of thioether (sulfide) groups is 1. The van der Waals surface area contributed by atoms with Gasteiger partial charge in [-0.15, -0.1) is 0 Å². The lowest BCUT2D eigenvalue weighted by Crippen LogP contribution is -2.28. The van der Waals surface area contributed by atoms with Crippen molar-refractivity contribution in [3.05, 3.63) is 64.1 Å². The van der Waals surface area contributed by atoms with Gasteiger partial charge in [0, 0.05) is 0 Å². The molecule has 26 heavy (non-hydrogen) atoms. The van der Waals surface area contributed by atoms with Gasteiger partial charge in [-0.25, -0.2) is 4.79 Å². The maximum absolute atomic E-state index is 12.9. The van der Waals surface area contributed by atoms with Gasteiger partial charge in [-0.1, -0.05) is 42.2 Å². The van der Waals surface area contributed by atoms with E-state index in [1.165, 1.54) is 28.8 Å². The highest BCUT2D eigenvalue weighted by molar-refractivity contribution is 8.27. The van der Waals surface area contributed by atoms with Gasteiger partial charge in [-0.05, 0) is 48.4 Å². The van der Waals surface area contributed by atoms with E-state index < -0.39 is 5.97 Å². The van der Waals surface area contributed by atoms with E-state index in [-0.39, 0.29) is 11.5 Å². The number of amides is 1. The molecule has 1 aliphatic heterocycles. The van der Waals surface area contributed by atoms with Crippen LogP contribution < -0.4 is 9.64 Å². The summed E-state index contributed by atoms with van der Waals surface area (Å²) in [4.78, 5) is 26.0. The van der Waals surface area contributed by atoms with Crippen LogP contribution in [0.4, 0.5) is 5.69 Å². The van der Waals surface area contributed by atoms with Gasteiger partial charge < -0.3 is 9.84 Å². The number of nitrogens with zero attached hydrogens (tertiary/aromatic N) is 1. The predicted molar refractivity (Wildman–Crippen MR) is 107 cm³/mol. The minimum Gasteiger partial charge on any atom is -0.497 e. The molecule has 0 radical (unpaired) electrons. The maximum atomic E-state index is 12.9. The standard InChI is InChI=1S/C19H15NO4S2/c1-11-3-6-13(18(22)23)10-15(11)20-17(21)16(26-19(20)25)9-12-4-7-14(24-2)8-5-12/h3-10H,1-2H3,(H,22,23). The van der Waals surface area contributed by atoms with Crippen molar-refractivity contribution in [2.45, 2.75) is 6.92 Å². The molecular formula is C19H15NO4S2. The van der Waals surface area contributed by atoms with Crippen LogP contribution in [0.5, 0.6) is 5.75 Å². The van der Waals surface area contributed by atoms with Crippen LogP contribution in [-0.4, -0.2) is 28.4 Å². The van der Waals surface area contributed by atoms with Gasteiger partial charge >= 0.3 is 5.97 Å². The first-order valence-corrected chi connectivity index (χ1v) is 8.89. The van der Waals surface area contributed by atoms with Crippen molar-refractivity contribution < 1.29 is 19.4 Å². The van der Waals surface area contributed by atoms with E-state index in [4.69, 9.17) is 17.0 Å². The van der Waals surface area contributed by atoms with Gasteiger partial charge in [-0.2, -0.15) is 0 Å². The molecule has 5 nitrogen and oxygen atoms in total. The maximum Gasteiger partial charge on any atom is 0.335 e. The Morgan fingerprint density at radius 1 is 1.23 bits per heavy atom. The number of carbonyl (C=O) groups is 2. The Hall–Kier alpha value is -2.64. The van der Waals surface area contributed by atoms with E-state index in [1.807, 2.05) is 31.2 Å². The van der Waals surface area contributed by atoms with Crippen molar-refractivity contribution in [3.63, 3.8) is 0 Å². The highest BCUT2D eigenvalue weighted by atomic mass is 32.2.